The van der Waals surface area contributed by atoms with E-state index >= 15 is 4.39 Å². The fourth-order valence-electron chi connectivity index (χ4n) is 4.43. The minimum absolute atomic E-state index is 0.173. The van der Waals surface area contributed by atoms with Crippen LogP contribution in [0.3, 0.4) is 0 Å². The van der Waals surface area contributed by atoms with E-state index in [0.29, 0.717) is 13.0 Å². The average Bonchev–Trinajstić information content (AvgIpc) is 3.58. The molecule has 0 radical (unpaired) electrons. The van der Waals surface area contributed by atoms with Gasteiger partial charge in [0.25, 0.3) is 10.0 Å². The molecule has 0 saturated carbocycles. The van der Waals surface area contributed by atoms with Crippen LogP contribution < -0.4 is 9.04 Å². The summed E-state index contributed by atoms with van der Waals surface area (Å²) in [5, 5.41) is 5.29. The van der Waals surface area contributed by atoms with E-state index in [4.69, 9.17) is 25.8 Å². The zero-order valence-corrected chi connectivity index (χ0v) is 28.3. The van der Waals surface area contributed by atoms with E-state index in [-0.39, 0.29) is 27.5 Å². The standard InChI is InChI=1S/C29H35ClFN5O7S2/c1-28(2,3)42-26(37)35-10-8-9-19(18-13-33-34(7)14-18)22(35)15-41-23-12-21(31)24(11-20(23)30)45(39,40)36(25-16-44-17-32-25)27(38)43-29(4,5)6/h9,11-14,16-17,22H,8,10,15H2,1-7H3. The first kappa shape index (κ1) is 34.2. The lowest BCUT2D eigenvalue weighted by atomic mass is 9.96. The molecule has 0 fully saturated rings. The summed E-state index contributed by atoms with van der Waals surface area (Å²) in [5.74, 6) is -1.67. The molecule has 1 aliphatic heterocycles. The van der Waals surface area contributed by atoms with E-state index < -0.39 is 50.2 Å². The van der Waals surface area contributed by atoms with Crippen LogP contribution in [0, 0.1) is 5.82 Å². The Balaban J connectivity index is 1.66. The number of sulfonamides is 1. The van der Waals surface area contributed by atoms with Gasteiger partial charge in [0.15, 0.2) is 5.82 Å². The van der Waals surface area contributed by atoms with Crippen molar-refractivity contribution in [1.82, 2.24) is 19.7 Å². The monoisotopic (exact) mass is 683 g/mol. The second-order valence-electron chi connectivity index (χ2n) is 12.2. The first-order chi connectivity index (χ1) is 20.9. The lowest BCUT2D eigenvalue weighted by molar-refractivity contribution is 0.0162. The summed E-state index contributed by atoms with van der Waals surface area (Å²) in [6.07, 6.45) is 4.14. The van der Waals surface area contributed by atoms with E-state index in [1.54, 1.807) is 65.7 Å². The van der Waals surface area contributed by atoms with Gasteiger partial charge >= 0.3 is 12.2 Å². The van der Waals surface area contributed by atoms with Crippen LogP contribution >= 0.6 is 22.9 Å². The zero-order valence-electron chi connectivity index (χ0n) is 25.9. The summed E-state index contributed by atoms with van der Waals surface area (Å²) < 4.78 is 61.7. The molecule has 0 aliphatic carbocycles. The first-order valence-corrected chi connectivity index (χ1v) is 16.6. The van der Waals surface area contributed by atoms with Crippen molar-refractivity contribution in [2.24, 2.45) is 7.05 Å². The average molecular weight is 684 g/mol. The van der Waals surface area contributed by atoms with Gasteiger partial charge in [-0.05, 0) is 59.6 Å². The number of carbonyl (C=O) groups is 2. The highest BCUT2D eigenvalue weighted by atomic mass is 35.5. The smallest absolute Gasteiger partial charge is 0.430 e. The number of halogens is 2. The van der Waals surface area contributed by atoms with E-state index in [9.17, 15) is 18.0 Å². The summed E-state index contributed by atoms with van der Waals surface area (Å²) in [4.78, 5) is 30.7. The molecule has 0 spiro atoms. The second-order valence-corrected chi connectivity index (χ2v) is 15.0. The molecule has 45 heavy (non-hydrogen) atoms. The third-order valence-electron chi connectivity index (χ3n) is 6.22. The zero-order chi connectivity index (χ0) is 33.3. The van der Waals surface area contributed by atoms with E-state index in [1.807, 2.05) is 6.08 Å². The molecule has 0 N–H and O–H groups in total. The number of rotatable bonds is 7. The third kappa shape index (κ3) is 8.13. The van der Waals surface area contributed by atoms with Crippen molar-refractivity contribution in [3.05, 3.63) is 57.9 Å². The topological polar surface area (TPSA) is 133 Å². The van der Waals surface area contributed by atoms with E-state index in [1.165, 1.54) is 15.8 Å². The Kier molecular flexibility index (Phi) is 9.85. The molecular formula is C29H35ClFN5O7S2. The van der Waals surface area contributed by atoms with Gasteiger partial charge in [-0.1, -0.05) is 17.7 Å². The third-order valence-corrected chi connectivity index (χ3v) is 8.78. The second kappa shape index (κ2) is 13.0. The molecule has 3 aromatic rings. The molecule has 0 saturated heterocycles. The molecule has 3 heterocycles. The minimum Gasteiger partial charge on any atom is -0.489 e. The van der Waals surface area contributed by atoms with Gasteiger partial charge in [0.05, 0.1) is 22.8 Å². The highest BCUT2D eigenvalue weighted by Gasteiger charge is 2.39. The van der Waals surface area contributed by atoms with Gasteiger partial charge in [-0.15, -0.1) is 15.6 Å². The number of hydrogen-bond donors (Lipinski definition) is 0. The molecule has 2 aromatic heterocycles. The number of hydrogen-bond acceptors (Lipinski definition) is 10. The number of carbonyl (C=O) groups excluding carboxylic acids is 2. The van der Waals surface area contributed by atoms with Crippen molar-refractivity contribution >= 4 is 56.5 Å². The van der Waals surface area contributed by atoms with Crippen molar-refractivity contribution in [2.75, 3.05) is 17.5 Å². The first-order valence-electron chi connectivity index (χ1n) is 13.8. The predicted octanol–water partition coefficient (Wildman–Crippen LogP) is 6.27. The quantitative estimate of drug-likeness (QED) is 0.282. The maximum atomic E-state index is 15.6. The molecule has 1 aliphatic rings. The molecule has 2 amide bonds. The number of aryl methyl sites for hydroxylation is 1. The van der Waals surface area contributed by atoms with Crippen molar-refractivity contribution in [3.63, 3.8) is 0 Å². The van der Waals surface area contributed by atoms with Crippen LogP contribution in [0.2, 0.25) is 5.02 Å². The van der Waals surface area contributed by atoms with Crippen molar-refractivity contribution in [1.29, 1.82) is 0 Å². The maximum Gasteiger partial charge on any atom is 0.430 e. The number of nitrogens with zero attached hydrogens (tertiary/aromatic N) is 5. The Bertz CT molecular complexity index is 1700. The lowest BCUT2D eigenvalue weighted by Gasteiger charge is -2.37. The van der Waals surface area contributed by atoms with Crippen molar-refractivity contribution < 1.29 is 36.6 Å². The summed E-state index contributed by atoms with van der Waals surface area (Å²) >= 11 is 7.48. The van der Waals surface area contributed by atoms with Gasteiger partial charge in [-0.2, -0.15) is 5.10 Å². The summed E-state index contributed by atoms with van der Waals surface area (Å²) in [6, 6.07) is 1.00. The molecule has 1 atom stereocenters. The summed E-state index contributed by atoms with van der Waals surface area (Å²) in [5.41, 5.74) is 1.01. The number of thiazole rings is 1. The Morgan fingerprint density at radius 1 is 1.16 bits per heavy atom. The molecule has 4 rings (SSSR count). The van der Waals surface area contributed by atoms with Crippen LogP contribution in [-0.4, -0.2) is 70.7 Å². The van der Waals surface area contributed by atoms with Crippen molar-refractivity contribution in [2.45, 2.75) is 70.1 Å². The lowest BCUT2D eigenvalue weighted by Crippen LogP contribution is -2.48. The molecule has 1 unspecified atom stereocenters. The van der Waals surface area contributed by atoms with Gasteiger partial charge in [-0.3, -0.25) is 9.58 Å². The van der Waals surface area contributed by atoms with Crippen LogP contribution in [0.4, 0.5) is 19.8 Å². The maximum absolute atomic E-state index is 15.6. The molecule has 244 valence electrons. The normalized spacial score (nSPS) is 15.8. The molecule has 0 bridgehead atoms. The van der Waals surface area contributed by atoms with Crippen LogP contribution in [0.15, 0.2) is 46.4 Å². The SMILES string of the molecule is Cn1cc(C2=CCCN(C(=O)OC(C)(C)C)C2COc2cc(F)c(S(=O)(=O)N(C(=O)OC(C)(C)C)c3cscn3)cc2Cl)cn1. The van der Waals surface area contributed by atoms with Gasteiger partial charge in [0.1, 0.15) is 34.3 Å². The van der Waals surface area contributed by atoms with E-state index in [2.05, 4.69) is 10.1 Å². The summed E-state index contributed by atoms with van der Waals surface area (Å²) in [7, 11) is -3.12. The highest BCUT2D eigenvalue weighted by molar-refractivity contribution is 7.93. The number of amides is 2. The summed E-state index contributed by atoms with van der Waals surface area (Å²) in [6.45, 7) is 10.1. The Morgan fingerprint density at radius 3 is 2.42 bits per heavy atom. The van der Waals surface area contributed by atoms with Gasteiger partial charge < -0.3 is 14.2 Å². The van der Waals surface area contributed by atoms with Crippen molar-refractivity contribution in [3.8, 4) is 5.75 Å². The number of aromatic nitrogens is 3. The minimum atomic E-state index is -4.88. The largest absolute Gasteiger partial charge is 0.489 e. The Morgan fingerprint density at radius 2 is 1.84 bits per heavy atom. The van der Waals surface area contributed by atoms with Gasteiger partial charge in [0.2, 0.25) is 0 Å². The fraction of sp³-hybridized carbons (Fsp3) is 0.448. The van der Waals surface area contributed by atoms with Gasteiger partial charge in [-0.25, -0.2) is 27.4 Å². The molecule has 16 heteroatoms. The number of ether oxygens (including phenoxy) is 3. The predicted molar refractivity (Wildman–Crippen MR) is 167 cm³/mol. The number of anilines is 1. The van der Waals surface area contributed by atoms with Crippen LogP contribution in [0.25, 0.3) is 5.57 Å². The number of benzene rings is 1. The van der Waals surface area contributed by atoms with Crippen LogP contribution in [0.1, 0.15) is 53.5 Å². The Labute approximate surface area is 270 Å². The highest BCUT2D eigenvalue weighted by Crippen LogP contribution is 2.35. The Hall–Kier alpha value is -3.69. The molecular weight excluding hydrogens is 649 g/mol. The molecule has 12 nitrogen and oxygen atoms in total. The van der Waals surface area contributed by atoms with E-state index in [0.717, 1.165) is 34.6 Å². The van der Waals surface area contributed by atoms with Crippen LogP contribution in [-0.2, 0) is 26.5 Å². The van der Waals surface area contributed by atoms with Gasteiger partial charge in [0, 0.05) is 36.8 Å². The van der Waals surface area contributed by atoms with Crippen LogP contribution in [0.5, 0.6) is 5.75 Å². The fourth-order valence-corrected chi connectivity index (χ4v) is 6.64. The molecule has 1 aromatic carbocycles.